The number of benzene rings is 1. The lowest BCUT2D eigenvalue weighted by Gasteiger charge is -2.24. The summed E-state index contributed by atoms with van der Waals surface area (Å²) in [4.78, 5) is 8.16. The fourth-order valence-electron chi connectivity index (χ4n) is 2.81. The summed E-state index contributed by atoms with van der Waals surface area (Å²) in [5.41, 5.74) is 9.54. The van der Waals surface area contributed by atoms with Gasteiger partial charge in [0.1, 0.15) is 5.82 Å². The largest absolute Gasteiger partial charge is 0.342 e. The zero-order chi connectivity index (χ0) is 11.8. The lowest BCUT2D eigenvalue weighted by molar-refractivity contribution is 0.384. The lowest BCUT2D eigenvalue weighted by Crippen LogP contribution is -2.27. The summed E-state index contributed by atoms with van der Waals surface area (Å²) in [5, 5.41) is 0. The maximum absolute atomic E-state index is 6.04. The van der Waals surface area contributed by atoms with Gasteiger partial charge in [-0.3, -0.25) is 0 Å². The maximum Gasteiger partial charge on any atom is 0.110 e. The normalized spacial score (nSPS) is 25.3. The van der Waals surface area contributed by atoms with E-state index in [2.05, 4.69) is 30.1 Å². The van der Waals surface area contributed by atoms with Crippen molar-refractivity contribution in [2.24, 2.45) is 5.73 Å². The van der Waals surface area contributed by atoms with E-state index in [4.69, 9.17) is 10.7 Å². The van der Waals surface area contributed by atoms with Gasteiger partial charge in [0.05, 0.1) is 11.0 Å². The Balaban J connectivity index is 1.94. The minimum atomic E-state index is 0.351. The molecule has 90 valence electrons. The molecule has 3 heteroatoms. The average molecular weight is 229 g/mol. The van der Waals surface area contributed by atoms with Crippen LogP contribution in [-0.4, -0.2) is 16.0 Å². The fourth-order valence-corrected chi connectivity index (χ4v) is 2.81. The summed E-state index contributed by atoms with van der Waals surface area (Å²) in [7, 11) is 0. The first-order valence-corrected chi connectivity index (χ1v) is 6.44. The summed E-state index contributed by atoms with van der Waals surface area (Å²) < 4.78 is 0. The molecule has 0 bridgehead atoms. The average Bonchev–Trinajstić information content (AvgIpc) is 2.72. The zero-order valence-electron chi connectivity index (χ0n) is 10.2. The van der Waals surface area contributed by atoms with Crippen molar-refractivity contribution >= 4 is 11.0 Å². The van der Waals surface area contributed by atoms with Crippen LogP contribution in [0.2, 0.25) is 0 Å². The highest BCUT2D eigenvalue weighted by Crippen LogP contribution is 2.31. The number of nitrogens with one attached hydrogen (secondary N) is 1. The number of nitrogens with two attached hydrogens (primary N) is 1. The molecular formula is C14H19N3. The molecule has 0 radical (unpaired) electrons. The number of imidazole rings is 1. The van der Waals surface area contributed by atoms with E-state index < -0.39 is 0 Å². The number of aryl methyl sites for hydroxylation is 1. The van der Waals surface area contributed by atoms with E-state index in [1.165, 1.54) is 18.4 Å². The molecule has 3 rings (SSSR count). The summed E-state index contributed by atoms with van der Waals surface area (Å²) in [6.45, 7) is 2.11. The molecule has 2 atom stereocenters. The number of aromatic nitrogens is 2. The van der Waals surface area contributed by atoms with Crippen molar-refractivity contribution in [2.75, 3.05) is 0 Å². The Labute approximate surface area is 101 Å². The smallest absolute Gasteiger partial charge is 0.110 e. The van der Waals surface area contributed by atoms with E-state index >= 15 is 0 Å². The van der Waals surface area contributed by atoms with Crippen molar-refractivity contribution in [3.63, 3.8) is 0 Å². The Bertz CT molecular complexity index is 529. The van der Waals surface area contributed by atoms with Gasteiger partial charge in [0.15, 0.2) is 0 Å². The molecule has 17 heavy (non-hydrogen) atoms. The monoisotopic (exact) mass is 229 g/mol. The van der Waals surface area contributed by atoms with Crippen molar-refractivity contribution in [3.8, 4) is 0 Å². The van der Waals surface area contributed by atoms with Crippen LogP contribution in [0.15, 0.2) is 18.2 Å². The Morgan fingerprint density at radius 3 is 3.06 bits per heavy atom. The number of H-pyrrole nitrogens is 1. The van der Waals surface area contributed by atoms with Crippen LogP contribution in [0.25, 0.3) is 11.0 Å². The van der Waals surface area contributed by atoms with Crippen molar-refractivity contribution in [1.29, 1.82) is 0 Å². The predicted octanol–water partition coefficient (Wildman–Crippen LogP) is 2.86. The second-order valence-corrected chi connectivity index (χ2v) is 5.27. The Morgan fingerprint density at radius 1 is 1.35 bits per heavy atom. The number of nitrogens with zero attached hydrogens (tertiary/aromatic N) is 1. The topological polar surface area (TPSA) is 54.7 Å². The van der Waals surface area contributed by atoms with Gasteiger partial charge in [0, 0.05) is 12.0 Å². The van der Waals surface area contributed by atoms with Gasteiger partial charge in [-0.25, -0.2) is 4.98 Å². The molecule has 0 spiro atoms. The SMILES string of the molecule is Cc1ccc2nc(C3CCCC(N)C3)[nH]c2c1. The van der Waals surface area contributed by atoms with Gasteiger partial charge in [-0.05, 0) is 43.9 Å². The predicted molar refractivity (Wildman–Crippen MR) is 70.0 cm³/mol. The molecule has 0 amide bonds. The van der Waals surface area contributed by atoms with Gasteiger partial charge >= 0.3 is 0 Å². The van der Waals surface area contributed by atoms with Crippen molar-refractivity contribution < 1.29 is 0 Å². The number of fused-ring (bicyclic) bond motifs is 1. The maximum atomic E-state index is 6.04. The highest BCUT2D eigenvalue weighted by Gasteiger charge is 2.23. The number of aromatic amines is 1. The van der Waals surface area contributed by atoms with Gasteiger partial charge < -0.3 is 10.7 Å². The van der Waals surface area contributed by atoms with Crippen LogP contribution in [0.5, 0.6) is 0 Å². The van der Waals surface area contributed by atoms with E-state index in [9.17, 15) is 0 Å². The van der Waals surface area contributed by atoms with Crippen LogP contribution in [-0.2, 0) is 0 Å². The van der Waals surface area contributed by atoms with Crippen LogP contribution in [0, 0.1) is 6.92 Å². The molecule has 1 fully saturated rings. The van der Waals surface area contributed by atoms with Crippen molar-refractivity contribution in [2.45, 2.75) is 44.6 Å². The third-order valence-electron chi connectivity index (χ3n) is 3.76. The van der Waals surface area contributed by atoms with E-state index in [-0.39, 0.29) is 0 Å². The second-order valence-electron chi connectivity index (χ2n) is 5.27. The van der Waals surface area contributed by atoms with Gasteiger partial charge in [-0.15, -0.1) is 0 Å². The third-order valence-corrected chi connectivity index (χ3v) is 3.76. The number of rotatable bonds is 1. The van der Waals surface area contributed by atoms with Gasteiger partial charge in [0.25, 0.3) is 0 Å². The molecule has 1 saturated carbocycles. The highest BCUT2D eigenvalue weighted by atomic mass is 14.9. The first kappa shape index (κ1) is 10.8. The second kappa shape index (κ2) is 4.15. The third kappa shape index (κ3) is 2.07. The van der Waals surface area contributed by atoms with Crippen LogP contribution in [0.1, 0.15) is 43.0 Å². The first-order valence-electron chi connectivity index (χ1n) is 6.44. The van der Waals surface area contributed by atoms with E-state index in [1.807, 2.05) is 0 Å². The Kier molecular flexibility index (Phi) is 2.63. The quantitative estimate of drug-likeness (QED) is 0.790. The summed E-state index contributed by atoms with van der Waals surface area (Å²) in [5.74, 6) is 1.65. The zero-order valence-corrected chi connectivity index (χ0v) is 10.2. The Morgan fingerprint density at radius 2 is 2.24 bits per heavy atom. The van der Waals surface area contributed by atoms with Crippen LogP contribution in [0.4, 0.5) is 0 Å². The summed E-state index contributed by atoms with van der Waals surface area (Å²) in [6, 6.07) is 6.71. The highest BCUT2D eigenvalue weighted by molar-refractivity contribution is 5.75. The van der Waals surface area contributed by atoms with Crippen LogP contribution < -0.4 is 5.73 Å². The first-order chi connectivity index (χ1) is 8.22. The van der Waals surface area contributed by atoms with Gasteiger partial charge in [-0.1, -0.05) is 12.5 Å². The summed E-state index contributed by atoms with van der Waals surface area (Å²) >= 11 is 0. The van der Waals surface area contributed by atoms with E-state index in [0.29, 0.717) is 12.0 Å². The molecule has 0 saturated heterocycles. The molecule has 1 aromatic carbocycles. The lowest BCUT2D eigenvalue weighted by atomic mass is 9.86. The molecular weight excluding hydrogens is 210 g/mol. The van der Waals surface area contributed by atoms with Gasteiger partial charge in [0.2, 0.25) is 0 Å². The fraction of sp³-hybridized carbons (Fsp3) is 0.500. The minimum Gasteiger partial charge on any atom is -0.342 e. The van der Waals surface area contributed by atoms with Gasteiger partial charge in [-0.2, -0.15) is 0 Å². The molecule has 2 unspecified atom stereocenters. The van der Waals surface area contributed by atoms with Crippen LogP contribution in [0.3, 0.4) is 0 Å². The molecule has 0 aliphatic heterocycles. The molecule has 1 aliphatic rings. The number of hydrogen-bond acceptors (Lipinski definition) is 2. The number of hydrogen-bond donors (Lipinski definition) is 2. The van der Waals surface area contributed by atoms with Crippen molar-refractivity contribution in [1.82, 2.24) is 9.97 Å². The molecule has 1 aromatic heterocycles. The molecule has 1 heterocycles. The standard InChI is InChI=1S/C14H19N3/c1-9-5-6-12-13(7-9)17-14(16-12)10-3-2-4-11(15)8-10/h5-7,10-11H,2-4,8,15H2,1H3,(H,16,17). The molecule has 1 aliphatic carbocycles. The van der Waals surface area contributed by atoms with E-state index in [1.54, 1.807) is 0 Å². The van der Waals surface area contributed by atoms with Crippen LogP contribution >= 0.6 is 0 Å². The molecule has 2 aromatic rings. The Hall–Kier alpha value is -1.35. The minimum absolute atomic E-state index is 0.351. The summed E-state index contributed by atoms with van der Waals surface area (Å²) in [6.07, 6.45) is 4.67. The molecule has 3 N–H and O–H groups in total. The molecule has 3 nitrogen and oxygen atoms in total. The van der Waals surface area contributed by atoms with Crippen molar-refractivity contribution in [3.05, 3.63) is 29.6 Å². The van der Waals surface area contributed by atoms with E-state index in [0.717, 1.165) is 29.7 Å².